The third-order valence-corrected chi connectivity index (χ3v) is 4.93. The number of hydrogen-bond donors (Lipinski definition) is 1. The van der Waals surface area contributed by atoms with Crippen LogP contribution >= 0.6 is 11.3 Å². The van der Waals surface area contributed by atoms with Gasteiger partial charge >= 0.3 is 0 Å². The van der Waals surface area contributed by atoms with Crippen LogP contribution in [0.1, 0.15) is 38.4 Å². The van der Waals surface area contributed by atoms with Gasteiger partial charge in [-0.1, -0.05) is 13.8 Å². The Morgan fingerprint density at radius 1 is 1.53 bits per heavy atom. The molecule has 0 aliphatic carbocycles. The molecule has 0 saturated carbocycles. The standard InChI is InChI=1S/C15H27N3S/c1-11(2)13-8-16-15(4,5)10-18(13)7-6-14-17-12(3)9-19-14/h9,11,13,16H,6-8,10H2,1-5H3. The Balaban J connectivity index is 1.97. The van der Waals surface area contributed by atoms with E-state index in [2.05, 4.69) is 55.2 Å². The van der Waals surface area contributed by atoms with Crippen molar-refractivity contribution in [1.82, 2.24) is 15.2 Å². The highest BCUT2D eigenvalue weighted by Crippen LogP contribution is 2.21. The topological polar surface area (TPSA) is 28.2 Å². The van der Waals surface area contributed by atoms with Crippen LogP contribution in [0.5, 0.6) is 0 Å². The molecule has 1 aromatic heterocycles. The summed E-state index contributed by atoms with van der Waals surface area (Å²) in [5, 5.41) is 7.09. The Bertz CT molecular complexity index is 411. The van der Waals surface area contributed by atoms with E-state index in [4.69, 9.17) is 0 Å². The lowest BCUT2D eigenvalue weighted by Gasteiger charge is -2.46. The molecule has 1 atom stereocenters. The highest BCUT2D eigenvalue weighted by Gasteiger charge is 2.33. The van der Waals surface area contributed by atoms with E-state index in [1.807, 2.05) is 0 Å². The van der Waals surface area contributed by atoms with Gasteiger partial charge in [0, 0.05) is 48.7 Å². The maximum absolute atomic E-state index is 4.58. The molecule has 3 nitrogen and oxygen atoms in total. The summed E-state index contributed by atoms with van der Waals surface area (Å²) in [4.78, 5) is 7.23. The van der Waals surface area contributed by atoms with Crippen LogP contribution in [0.25, 0.3) is 0 Å². The summed E-state index contributed by atoms with van der Waals surface area (Å²) in [5.74, 6) is 0.696. The van der Waals surface area contributed by atoms with E-state index in [9.17, 15) is 0 Å². The smallest absolute Gasteiger partial charge is 0.0940 e. The van der Waals surface area contributed by atoms with Gasteiger partial charge in [-0.3, -0.25) is 4.90 Å². The number of hydrogen-bond acceptors (Lipinski definition) is 4. The first-order valence-corrected chi connectivity index (χ1v) is 8.15. The molecule has 0 amide bonds. The van der Waals surface area contributed by atoms with Crippen molar-refractivity contribution in [1.29, 1.82) is 0 Å². The minimum atomic E-state index is 0.226. The van der Waals surface area contributed by atoms with E-state index < -0.39 is 0 Å². The lowest BCUT2D eigenvalue weighted by Crippen LogP contribution is -2.63. The Morgan fingerprint density at radius 2 is 2.26 bits per heavy atom. The zero-order chi connectivity index (χ0) is 14.0. The van der Waals surface area contributed by atoms with Gasteiger partial charge in [-0.05, 0) is 26.7 Å². The number of nitrogens with one attached hydrogen (secondary N) is 1. The summed E-state index contributed by atoms with van der Waals surface area (Å²) in [6, 6.07) is 0.647. The monoisotopic (exact) mass is 281 g/mol. The van der Waals surface area contributed by atoms with Gasteiger partial charge in [-0.2, -0.15) is 0 Å². The SMILES string of the molecule is Cc1csc(CCN2CC(C)(C)NCC2C(C)C)n1. The van der Waals surface area contributed by atoms with Crippen LogP contribution in [-0.2, 0) is 6.42 Å². The largest absolute Gasteiger partial charge is 0.309 e. The molecule has 1 aliphatic heterocycles. The fraction of sp³-hybridized carbons (Fsp3) is 0.800. The van der Waals surface area contributed by atoms with Crippen molar-refractivity contribution in [2.45, 2.75) is 52.6 Å². The molecule has 2 rings (SSSR count). The molecule has 0 spiro atoms. The van der Waals surface area contributed by atoms with Gasteiger partial charge in [-0.15, -0.1) is 11.3 Å². The molecule has 0 aromatic carbocycles. The Kier molecular flexibility index (Phi) is 4.64. The van der Waals surface area contributed by atoms with E-state index in [0.717, 1.165) is 31.7 Å². The summed E-state index contributed by atoms with van der Waals surface area (Å²) >= 11 is 1.79. The fourth-order valence-corrected chi connectivity index (χ4v) is 3.61. The molecule has 0 bridgehead atoms. The van der Waals surface area contributed by atoms with E-state index in [1.165, 1.54) is 5.01 Å². The lowest BCUT2D eigenvalue weighted by molar-refractivity contribution is 0.0705. The zero-order valence-electron chi connectivity index (χ0n) is 12.9. The molecule has 0 radical (unpaired) electrons. The summed E-state index contributed by atoms with van der Waals surface area (Å²) in [7, 11) is 0. The number of piperazine rings is 1. The lowest BCUT2D eigenvalue weighted by atomic mass is 9.93. The summed E-state index contributed by atoms with van der Waals surface area (Å²) < 4.78 is 0. The Labute approximate surface area is 121 Å². The van der Waals surface area contributed by atoms with Crippen molar-refractivity contribution in [3.8, 4) is 0 Å². The molecule has 1 fully saturated rings. The van der Waals surface area contributed by atoms with Crippen molar-refractivity contribution in [3.63, 3.8) is 0 Å². The first-order chi connectivity index (χ1) is 8.87. The molecule has 108 valence electrons. The number of aromatic nitrogens is 1. The second-order valence-corrected chi connectivity index (χ2v) is 7.62. The van der Waals surface area contributed by atoms with Crippen LogP contribution in [0, 0.1) is 12.8 Å². The molecule has 1 N–H and O–H groups in total. The third-order valence-electron chi connectivity index (χ3n) is 3.91. The van der Waals surface area contributed by atoms with Gasteiger partial charge in [0.05, 0.1) is 5.01 Å². The van der Waals surface area contributed by atoms with Gasteiger partial charge in [0.1, 0.15) is 0 Å². The van der Waals surface area contributed by atoms with Gasteiger partial charge < -0.3 is 5.32 Å². The average Bonchev–Trinajstić information content (AvgIpc) is 2.71. The van der Waals surface area contributed by atoms with Crippen LogP contribution < -0.4 is 5.32 Å². The maximum atomic E-state index is 4.58. The number of thiazole rings is 1. The summed E-state index contributed by atoms with van der Waals surface area (Å²) in [6.45, 7) is 14.7. The summed E-state index contributed by atoms with van der Waals surface area (Å²) in [5.41, 5.74) is 1.38. The minimum absolute atomic E-state index is 0.226. The second kappa shape index (κ2) is 5.90. The molecular formula is C15H27N3S. The molecule has 4 heteroatoms. The van der Waals surface area contributed by atoms with Crippen molar-refractivity contribution < 1.29 is 0 Å². The molecule has 2 heterocycles. The third kappa shape index (κ3) is 4.01. The zero-order valence-corrected chi connectivity index (χ0v) is 13.7. The van der Waals surface area contributed by atoms with Gasteiger partial charge in [-0.25, -0.2) is 4.98 Å². The van der Waals surface area contributed by atoms with Gasteiger partial charge in [0.25, 0.3) is 0 Å². The van der Waals surface area contributed by atoms with Crippen LogP contribution in [-0.4, -0.2) is 41.1 Å². The van der Waals surface area contributed by atoms with Crippen molar-refractivity contribution >= 4 is 11.3 Å². The van der Waals surface area contributed by atoms with Crippen molar-refractivity contribution in [2.75, 3.05) is 19.6 Å². The average molecular weight is 281 g/mol. The van der Waals surface area contributed by atoms with Crippen molar-refractivity contribution in [3.05, 3.63) is 16.1 Å². The quantitative estimate of drug-likeness (QED) is 0.920. The first kappa shape index (κ1) is 14.9. The predicted molar refractivity (Wildman–Crippen MR) is 82.8 cm³/mol. The molecule has 1 aliphatic rings. The number of nitrogens with zero attached hydrogens (tertiary/aromatic N) is 2. The highest BCUT2D eigenvalue weighted by atomic mass is 32.1. The molecule has 1 unspecified atom stereocenters. The predicted octanol–water partition coefficient (Wildman–Crippen LogP) is 2.70. The Morgan fingerprint density at radius 3 is 2.84 bits per heavy atom. The van der Waals surface area contributed by atoms with Gasteiger partial charge in [0.15, 0.2) is 0 Å². The van der Waals surface area contributed by atoms with Crippen LogP contribution in [0.3, 0.4) is 0 Å². The highest BCUT2D eigenvalue weighted by molar-refractivity contribution is 7.09. The summed E-state index contributed by atoms with van der Waals surface area (Å²) in [6.07, 6.45) is 1.08. The molecule has 1 saturated heterocycles. The number of rotatable bonds is 4. The normalized spacial score (nSPS) is 24.0. The van der Waals surface area contributed by atoms with Gasteiger partial charge in [0.2, 0.25) is 0 Å². The first-order valence-electron chi connectivity index (χ1n) is 7.27. The van der Waals surface area contributed by atoms with Crippen LogP contribution in [0.2, 0.25) is 0 Å². The van der Waals surface area contributed by atoms with Crippen molar-refractivity contribution in [2.24, 2.45) is 5.92 Å². The Hall–Kier alpha value is -0.450. The van der Waals surface area contributed by atoms with E-state index in [1.54, 1.807) is 11.3 Å². The van der Waals surface area contributed by atoms with Crippen LogP contribution in [0.15, 0.2) is 5.38 Å². The second-order valence-electron chi connectivity index (χ2n) is 6.68. The fourth-order valence-electron chi connectivity index (χ4n) is 2.85. The molecule has 19 heavy (non-hydrogen) atoms. The van der Waals surface area contributed by atoms with E-state index in [-0.39, 0.29) is 5.54 Å². The molecule has 1 aromatic rings. The molecular weight excluding hydrogens is 254 g/mol. The van der Waals surface area contributed by atoms with E-state index in [0.29, 0.717) is 12.0 Å². The van der Waals surface area contributed by atoms with Crippen LogP contribution in [0.4, 0.5) is 0 Å². The number of aryl methyl sites for hydroxylation is 1. The minimum Gasteiger partial charge on any atom is -0.309 e. The van der Waals surface area contributed by atoms with E-state index >= 15 is 0 Å². The maximum Gasteiger partial charge on any atom is 0.0940 e.